The molecular formula is C19H37NO2Sn. The first-order valence-corrected chi connectivity index (χ1v) is 16.9. The van der Waals surface area contributed by atoms with Crippen molar-refractivity contribution < 1.29 is 9.63 Å². The molecule has 0 unspecified atom stereocenters. The Morgan fingerprint density at radius 3 is 1.83 bits per heavy atom. The topological polar surface area (TPSA) is 29.5 Å². The molecule has 0 fully saturated rings. The van der Waals surface area contributed by atoms with Crippen molar-refractivity contribution >= 4 is 24.3 Å². The summed E-state index contributed by atoms with van der Waals surface area (Å²) in [6, 6.07) is 0. The second kappa shape index (κ2) is 14.1. The molecule has 0 aliphatic rings. The van der Waals surface area contributed by atoms with Crippen LogP contribution in [-0.4, -0.2) is 43.5 Å². The van der Waals surface area contributed by atoms with Crippen LogP contribution in [0.25, 0.3) is 0 Å². The van der Waals surface area contributed by atoms with Crippen LogP contribution in [0.4, 0.5) is 0 Å². The molecule has 0 aromatic carbocycles. The maximum atomic E-state index is 11.7. The molecule has 0 radical (unpaired) electrons. The van der Waals surface area contributed by atoms with Gasteiger partial charge in [-0.2, -0.15) is 0 Å². The summed E-state index contributed by atoms with van der Waals surface area (Å²) in [6.07, 6.45) is 13.6. The number of allylic oxidation sites excluding steroid dienone is 2. The third kappa shape index (κ3) is 10.2. The van der Waals surface area contributed by atoms with Crippen LogP contribution < -0.4 is 0 Å². The van der Waals surface area contributed by atoms with Crippen LogP contribution >= 0.6 is 0 Å². The molecule has 4 heteroatoms. The number of hydrogen-bond donors (Lipinski definition) is 0. The summed E-state index contributed by atoms with van der Waals surface area (Å²) >= 11 is -2.20. The van der Waals surface area contributed by atoms with Crippen LogP contribution in [0.5, 0.6) is 0 Å². The van der Waals surface area contributed by atoms with Crippen molar-refractivity contribution in [3.8, 4) is 0 Å². The Bertz CT molecular complexity index is 345. The first kappa shape index (κ1) is 22.7. The third-order valence-electron chi connectivity index (χ3n) is 4.47. The fourth-order valence-corrected chi connectivity index (χ4v) is 16.9. The number of unbranched alkanes of at least 4 members (excludes halogenated alkanes) is 3. The predicted molar refractivity (Wildman–Crippen MR) is 103 cm³/mol. The average Bonchev–Trinajstić information content (AvgIpc) is 2.58. The molecule has 23 heavy (non-hydrogen) atoms. The molecule has 0 atom stereocenters. The van der Waals surface area contributed by atoms with Crippen LogP contribution in [0.2, 0.25) is 13.3 Å². The summed E-state index contributed by atoms with van der Waals surface area (Å²) in [7, 11) is 3.13. The van der Waals surface area contributed by atoms with E-state index in [0.29, 0.717) is 0 Å². The quantitative estimate of drug-likeness (QED) is 0.167. The van der Waals surface area contributed by atoms with Crippen molar-refractivity contribution in [1.29, 1.82) is 0 Å². The third-order valence-corrected chi connectivity index (χ3v) is 18.6. The van der Waals surface area contributed by atoms with Gasteiger partial charge < -0.3 is 0 Å². The molecule has 0 saturated carbocycles. The van der Waals surface area contributed by atoms with Crippen molar-refractivity contribution in [2.24, 2.45) is 0 Å². The molecule has 0 spiro atoms. The second-order valence-corrected chi connectivity index (χ2v) is 19.4. The average molecular weight is 430 g/mol. The number of carbonyl (C=O) groups excluding carboxylic acids is 1. The molecule has 0 aliphatic carbocycles. The van der Waals surface area contributed by atoms with Crippen LogP contribution in [-0.2, 0) is 9.63 Å². The monoisotopic (exact) mass is 431 g/mol. The Balaban J connectivity index is 4.95. The van der Waals surface area contributed by atoms with E-state index >= 15 is 0 Å². The molecule has 0 rings (SSSR count). The van der Waals surface area contributed by atoms with E-state index in [0.717, 1.165) is 0 Å². The number of hydroxylamine groups is 2. The summed E-state index contributed by atoms with van der Waals surface area (Å²) in [6.45, 7) is 6.87. The van der Waals surface area contributed by atoms with E-state index in [2.05, 4.69) is 30.9 Å². The van der Waals surface area contributed by atoms with Crippen molar-refractivity contribution in [2.45, 2.75) is 72.6 Å². The summed E-state index contributed by atoms with van der Waals surface area (Å²) in [5.74, 6) is -0.117. The SMILES string of the molecule is CCC[CH2][Sn](/[CH]=C/C=C/C(=O)N(C)OC)([CH2]CCC)[CH2]CCC. The molecule has 1 amide bonds. The van der Waals surface area contributed by atoms with Crippen LogP contribution in [0, 0.1) is 0 Å². The van der Waals surface area contributed by atoms with E-state index in [1.54, 1.807) is 13.1 Å². The Morgan fingerprint density at radius 2 is 1.43 bits per heavy atom. The number of rotatable bonds is 13. The predicted octanol–water partition coefficient (Wildman–Crippen LogP) is 5.51. The standard InChI is InChI=1S/C7H10NO2.3C4H9.Sn/c1-4-5-6-7(9)8(2)10-3;3*1-3-4-2;/h1,4-6H,2-3H3;3*1,3-4H2,2H3;/b4-1?,6-5+;;;;. The van der Waals surface area contributed by atoms with Gasteiger partial charge in [0.05, 0.1) is 0 Å². The zero-order valence-corrected chi connectivity index (χ0v) is 18.8. The van der Waals surface area contributed by atoms with Crippen LogP contribution in [0.3, 0.4) is 0 Å². The van der Waals surface area contributed by atoms with Crippen molar-refractivity contribution in [3.05, 3.63) is 22.3 Å². The van der Waals surface area contributed by atoms with Crippen LogP contribution in [0.15, 0.2) is 22.3 Å². The van der Waals surface area contributed by atoms with Gasteiger partial charge in [0.1, 0.15) is 0 Å². The number of amides is 1. The van der Waals surface area contributed by atoms with Crippen molar-refractivity contribution in [1.82, 2.24) is 5.06 Å². The molecule has 0 aromatic heterocycles. The van der Waals surface area contributed by atoms with Crippen molar-refractivity contribution in [3.63, 3.8) is 0 Å². The van der Waals surface area contributed by atoms with E-state index in [4.69, 9.17) is 4.84 Å². The summed E-state index contributed by atoms with van der Waals surface area (Å²) < 4.78 is 6.94. The van der Waals surface area contributed by atoms with Gasteiger partial charge in [-0.1, -0.05) is 0 Å². The van der Waals surface area contributed by atoms with E-state index in [1.165, 1.54) is 64.0 Å². The molecule has 0 bridgehead atoms. The van der Waals surface area contributed by atoms with Gasteiger partial charge >= 0.3 is 148 Å². The number of nitrogens with zero attached hydrogens (tertiary/aromatic N) is 1. The van der Waals surface area contributed by atoms with Gasteiger partial charge in [-0.05, 0) is 0 Å². The maximum absolute atomic E-state index is 11.7. The fourth-order valence-electron chi connectivity index (χ4n) is 2.80. The van der Waals surface area contributed by atoms with Crippen LogP contribution in [0.1, 0.15) is 59.3 Å². The summed E-state index contributed by atoms with van der Waals surface area (Å²) in [5.41, 5.74) is 0. The molecule has 0 saturated heterocycles. The fraction of sp³-hybridized carbons (Fsp3) is 0.737. The van der Waals surface area contributed by atoms with Gasteiger partial charge in [0.15, 0.2) is 0 Å². The normalized spacial score (nSPS) is 12.4. The Morgan fingerprint density at radius 1 is 0.957 bits per heavy atom. The van der Waals surface area contributed by atoms with Gasteiger partial charge in [-0.3, -0.25) is 0 Å². The number of hydrogen-bond acceptors (Lipinski definition) is 2. The Kier molecular flexibility index (Phi) is 13.9. The summed E-state index contributed by atoms with van der Waals surface area (Å²) in [5, 5.41) is 1.24. The summed E-state index contributed by atoms with van der Waals surface area (Å²) in [4.78, 5) is 16.6. The van der Waals surface area contributed by atoms with Crippen molar-refractivity contribution in [2.75, 3.05) is 14.2 Å². The Hall–Kier alpha value is -0.291. The van der Waals surface area contributed by atoms with E-state index in [9.17, 15) is 4.79 Å². The first-order chi connectivity index (χ1) is 11.0. The molecule has 3 nitrogen and oxygen atoms in total. The minimum atomic E-state index is -2.20. The Labute approximate surface area is 148 Å². The minimum absolute atomic E-state index is 0.117. The molecule has 0 N–H and O–H groups in total. The molecule has 134 valence electrons. The molecule has 0 heterocycles. The molecule has 0 aliphatic heterocycles. The van der Waals surface area contributed by atoms with Gasteiger partial charge in [0, 0.05) is 0 Å². The second-order valence-electron chi connectivity index (χ2n) is 6.41. The van der Waals surface area contributed by atoms with Gasteiger partial charge in [-0.15, -0.1) is 0 Å². The molecular weight excluding hydrogens is 393 g/mol. The van der Waals surface area contributed by atoms with Gasteiger partial charge in [0.2, 0.25) is 0 Å². The first-order valence-electron chi connectivity index (χ1n) is 9.23. The van der Waals surface area contributed by atoms with E-state index in [-0.39, 0.29) is 5.91 Å². The number of carbonyl (C=O) groups is 1. The van der Waals surface area contributed by atoms with E-state index < -0.39 is 18.4 Å². The van der Waals surface area contributed by atoms with Gasteiger partial charge in [-0.25, -0.2) is 0 Å². The van der Waals surface area contributed by atoms with Gasteiger partial charge in [0.25, 0.3) is 0 Å². The van der Waals surface area contributed by atoms with E-state index in [1.807, 2.05) is 6.08 Å². The number of likely N-dealkylation sites (N-methyl/N-ethyl adjacent to an activating group) is 1. The molecule has 0 aromatic rings. The zero-order valence-electron chi connectivity index (χ0n) is 15.9. The zero-order chi connectivity index (χ0) is 17.6.